The van der Waals surface area contributed by atoms with Crippen LogP contribution in [-0.2, 0) is 9.59 Å². The first kappa shape index (κ1) is 13.7. The number of nitro benzene ring substituents is 1. The number of anilines is 1. The van der Waals surface area contributed by atoms with Crippen molar-refractivity contribution in [3.63, 3.8) is 0 Å². The maximum atomic E-state index is 11.6. The van der Waals surface area contributed by atoms with Crippen molar-refractivity contribution < 1.29 is 19.3 Å². The predicted molar refractivity (Wildman–Crippen MR) is 70.9 cm³/mol. The smallest absolute Gasteiger partial charge is 0.290 e. The normalized spacial score (nSPS) is 16.1. The highest BCUT2D eigenvalue weighted by atomic mass is 32.2. The van der Waals surface area contributed by atoms with Gasteiger partial charge in [0.25, 0.3) is 16.8 Å². The Morgan fingerprint density at radius 3 is 2.45 bits per heavy atom. The first-order chi connectivity index (χ1) is 9.45. The molecule has 2 rings (SSSR count). The monoisotopic (exact) mass is 293 g/mol. The van der Waals surface area contributed by atoms with Gasteiger partial charge in [0.15, 0.2) is 0 Å². The molecule has 1 aromatic carbocycles. The molecule has 20 heavy (non-hydrogen) atoms. The van der Waals surface area contributed by atoms with Gasteiger partial charge in [-0.25, -0.2) is 0 Å². The second-order valence-corrected chi connectivity index (χ2v) is 4.66. The van der Waals surface area contributed by atoms with Gasteiger partial charge in [-0.3, -0.25) is 29.8 Å². The van der Waals surface area contributed by atoms with Crippen molar-refractivity contribution in [1.82, 2.24) is 5.32 Å². The number of amides is 3. The number of nitrogens with zero attached hydrogens (tertiary/aromatic N) is 1. The van der Waals surface area contributed by atoms with E-state index in [1.165, 1.54) is 24.3 Å². The Hall–Kier alpha value is -2.68. The van der Waals surface area contributed by atoms with Gasteiger partial charge in [0, 0.05) is 23.9 Å². The van der Waals surface area contributed by atoms with E-state index in [4.69, 9.17) is 0 Å². The summed E-state index contributed by atoms with van der Waals surface area (Å²) in [4.78, 5) is 43.6. The van der Waals surface area contributed by atoms with Gasteiger partial charge in [-0.2, -0.15) is 0 Å². The molecule has 102 valence electrons. The Morgan fingerprint density at radius 2 is 1.95 bits per heavy atom. The van der Waals surface area contributed by atoms with Crippen molar-refractivity contribution in [3.8, 4) is 0 Å². The van der Waals surface area contributed by atoms with E-state index in [9.17, 15) is 24.5 Å². The molecule has 1 aliphatic heterocycles. The molecule has 0 atom stereocenters. The van der Waals surface area contributed by atoms with Crippen LogP contribution in [0.1, 0.15) is 0 Å². The third-order valence-electron chi connectivity index (χ3n) is 2.25. The van der Waals surface area contributed by atoms with Crippen LogP contribution in [0.15, 0.2) is 35.2 Å². The fourth-order valence-electron chi connectivity index (χ4n) is 1.38. The van der Waals surface area contributed by atoms with Gasteiger partial charge in [-0.1, -0.05) is 0 Å². The van der Waals surface area contributed by atoms with Gasteiger partial charge in [-0.15, -0.1) is 0 Å². The minimum absolute atomic E-state index is 0.00517. The van der Waals surface area contributed by atoms with Crippen molar-refractivity contribution in [2.45, 2.75) is 0 Å². The Balaban J connectivity index is 2.05. The first-order valence-electron chi connectivity index (χ1n) is 5.26. The van der Waals surface area contributed by atoms with E-state index in [1.807, 2.05) is 5.32 Å². The van der Waals surface area contributed by atoms with Crippen LogP contribution in [0.2, 0.25) is 0 Å². The molecule has 0 saturated carbocycles. The lowest BCUT2D eigenvalue weighted by Gasteiger charge is -2.01. The number of nitro groups is 1. The van der Waals surface area contributed by atoms with Crippen LogP contribution in [0.5, 0.6) is 0 Å². The molecule has 0 spiro atoms. The Labute approximate surface area is 116 Å². The molecule has 1 heterocycles. The van der Waals surface area contributed by atoms with Crippen LogP contribution < -0.4 is 10.6 Å². The van der Waals surface area contributed by atoms with Crippen LogP contribution in [0, 0.1) is 10.1 Å². The average molecular weight is 293 g/mol. The maximum absolute atomic E-state index is 11.6. The van der Waals surface area contributed by atoms with Crippen molar-refractivity contribution in [2.75, 3.05) is 5.32 Å². The molecule has 1 saturated heterocycles. The predicted octanol–water partition coefficient (Wildman–Crippen LogP) is 1.40. The van der Waals surface area contributed by atoms with Crippen LogP contribution in [0.4, 0.5) is 16.2 Å². The van der Waals surface area contributed by atoms with Crippen molar-refractivity contribution in [2.24, 2.45) is 0 Å². The van der Waals surface area contributed by atoms with Crippen molar-refractivity contribution in [1.29, 1.82) is 0 Å². The van der Waals surface area contributed by atoms with E-state index in [2.05, 4.69) is 5.32 Å². The standard InChI is InChI=1S/C11H7N3O5S/c15-9(5-8-10(16)13-11(17)20-8)12-6-1-3-7(4-2-6)14(18)19/h1-5H,(H,12,15)(H,13,16,17)/b8-5+. The van der Waals surface area contributed by atoms with Crippen LogP contribution in [0.3, 0.4) is 0 Å². The molecular weight excluding hydrogens is 286 g/mol. The summed E-state index contributed by atoms with van der Waals surface area (Å²) in [6.07, 6.45) is 0.992. The summed E-state index contributed by atoms with van der Waals surface area (Å²) in [6, 6.07) is 5.20. The first-order valence-corrected chi connectivity index (χ1v) is 6.07. The maximum Gasteiger partial charge on any atom is 0.290 e. The van der Waals surface area contributed by atoms with Crippen LogP contribution in [-0.4, -0.2) is 22.0 Å². The summed E-state index contributed by atoms with van der Waals surface area (Å²) < 4.78 is 0. The van der Waals surface area contributed by atoms with Gasteiger partial charge in [0.2, 0.25) is 5.91 Å². The van der Waals surface area contributed by atoms with Gasteiger partial charge in [-0.05, 0) is 23.9 Å². The number of hydrogen-bond donors (Lipinski definition) is 2. The molecule has 0 aliphatic carbocycles. The Morgan fingerprint density at radius 1 is 1.30 bits per heavy atom. The number of nitrogens with one attached hydrogen (secondary N) is 2. The van der Waals surface area contributed by atoms with Crippen molar-refractivity contribution >= 4 is 40.2 Å². The van der Waals surface area contributed by atoms with Gasteiger partial charge in [0.05, 0.1) is 9.83 Å². The molecule has 0 unspecified atom stereocenters. The molecule has 0 bridgehead atoms. The molecule has 0 aromatic heterocycles. The van der Waals surface area contributed by atoms with E-state index in [0.717, 1.165) is 6.08 Å². The zero-order valence-electron chi connectivity index (χ0n) is 9.78. The molecule has 1 fully saturated rings. The SMILES string of the molecule is O=C(/C=C1/SC(=O)NC1=O)Nc1ccc([N+](=O)[O-])cc1. The minimum Gasteiger partial charge on any atom is -0.322 e. The summed E-state index contributed by atoms with van der Waals surface area (Å²) in [5.41, 5.74) is 0.241. The number of hydrogen-bond acceptors (Lipinski definition) is 6. The molecular formula is C11H7N3O5S. The van der Waals surface area contributed by atoms with Gasteiger partial charge >= 0.3 is 0 Å². The number of non-ortho nitro benzene ring substituents is 1. The van der Waals surface area contributed by atoms with E-state index < -0.39 is 22.0 Å². The topological polar surface area (TPSA) is 118 Å². The number of carbonyl (C=O) groups excluding carboxylic acids is 3. The number of carbonyl (C=O) groups is 3. The highest BCUT2D eigenvalue weighted by Gasteiger charge is 2.25. The summed E-state index contributed by atoms with van der Waals surface area (Å²) in [6.45, 7) is 0. The van der Waals surface area contributed by atoms with Gasteiger partial charge < -0.3 is 5.32 Å². The third kappa shape index (κ3) is 3.20. The summed E-state index contributed by atoms with van der Waals surface area (Å²) in [5.74, 6) is -1.23. The lowest BCUT2D eigenvalue weighted by molar-refractivity contribution is -0.384. The Bertz CT molecular complexity index is 638. The number of thioether (sulfide) groups is 1. The lowest BCUT2D eigenvalue weighted by atomic mass is 10.3. The van der Waals surface area contributed by atoms with E-state index in [-0.39, 0.29) is 10.6 Å². The molecule has 1 aliphatic rings. The average Bonchev–Trinajstić information content (AvgIpc) is 2.68. The van der Waals surface area contributed by atoms with E-state index in [1.54, 1.807) is 0 Å². The summed E-state index contributed by atoms with van der Waals surface area (Å²) >= 11 is 0.630. The zero-order valence-corrected chi connectivity index (χ0v) is 10.6. The molecule has 9 heteroatoms. The van der Waals surface area contributed by atoms with Gasteiger partial charge in [0.1, 0.15) is 0 Å². The van der Waals surface area contributed by atoms with E-state index in [0.29, 0.717) is 17.4 Å². The molecule has 1 aromatic rings. The number of imide groups is 1. The third-order valence-corrected chi connectivity index (χ3v) is 3.06. The van der Waals surface area contributed by atoms with Crippen LogP contribution in [0.25, 0.3) is 0 Å². The highest BCUT2D eigenvalue weighted by molar-refractivity contribution is 8.18. The summed E-state index contributed by atoms with van der Waals surface area (Å²) in [5, 5.41) is 14.4. The lowest BCUT2D eigenvalue weighted by Crippen LogP contribution is -2.18. The van der Waals surface area contributed by atoms with E-state index >= 15 is 0 Å². The molecule has 2 N–H and O–H groups in total. The second-order valence-electron chi connectivity index (χ2n) is 3.65. The highest BCUT2D eigenvalue weighted by Crippen LogP contribution is 2.23. The minimum atomic E-state index is -0.626. The van der Waals surface area contributed by atoms with Crippen molar-refractivity contribution in [3.05, 3.63) is 45.4 Å². The quantitative estimate of drug-likeness (QED) is 0.494. The molecule has 3 amide bonds. The number of rotatable bonds is 3. The Kier molecular flexibility index (Phi) is 3.80. The molecule has 0 radical (unpaired) electrons. The fourth-order valence-corrected chi connectivity index (χ4v) is 2.04. The second kappa shape index (κ2) is 5.53. The zero-order chi connectivity index (χ0) is 14.7. The molecule has 8 nitrogen and oxygen atoms in total. The largest absolute Gasteiger partial charge is 0.322 e. The summed E-state index contributed by atoms with van der Waals surface area (Å²) in [7, 11) is 0. The number of benzene rings is 1. The fraction of sp³-hybridized carbons (Fsp3) is 0. The van der Waals surface area contributed by atoms with Crippen LogP contribution >= 0.6 is 11.8 Å².